The summed E-state index contributed by atoms with van der Waals surface area (Å²) in [7, 11) is 0. The van der Waals surface area contributed by atoms with Gasteiger partial charge in [0.1, 0.15) is 5.56 Å². The van der Waals surface area contributed by atoms with E-state index in [1.54, 1.807) is 4.90 Å². The lowest BCUT2D eigenvalue weighted by Crippen LogP contribution is -2.48. The largest absolute Gasteiger partial charge is 0.504 e. The van der Waals surface area contributed by atoms with Crippen LogP contribution >= 0.6 is 0 Å². The van der Waals surface area contributed by atoms with Crippen LogP contribution in [0.1, 0.15) is 21.6 Å². The van der Waals surface area contributed by atoms with E-state index in [0.29, 0.717) is 30.7 Å². The number of rotatable bonds is 4. The van der Waals surface area contributed by atoms with E-state index in [4.69, 9.17) is 0 Å². The molecule has 2 aromatic carbocycles. The summed E-state index contributed by atoms with van der Waals surface area (Å²) >= 11 is 0. The lowest BCUT2D eigenvalue weighted by atomic mass is 10.1. The summed E-state index contributed by atoms with van der Waals surface area (Å²) in [4.78, 5) is 21.4. The maximum atomic E-state index is 13.9. The Balaban J connectivity index is 1.44. The fraction of sp³-hybridized carbons (Fsp3) is 0.240. The molecule has 5 rings (SSSR count). The smallest absolute Gasteiger partial charge is 0.433 e. The number of alkyl halides is 3. The highest BCUT2D eigenvalue weighted by atomic mass is 19.4. The van der Waals surface area contributed by atoms with Crippen LogP contribution in [-0.4, -0.2) is 66.7 Å². The number of halogens is 3. The first kappa shape index (κ1) is 23.6. The molecule has 0 saturated carbocycles. The molecule has 36 heavy (non-hydrogen) atoms. The third-order valence-electron chi connectivity index (χ3n) is 6.17. The number of amides is 1. The number of hydrogen-bond donors (Lipinski definition) is 2. The van der Waals surface area contributed by atoms with E-state index in [-0.39, 0.29) is 22.5 Å². The van der Waals surface area contributed by atoms with Crippen molar-refractivity contribution in [2.75, 3.05) is 26.2 Å². The number of carbonyl (C=O) groups excluding carboxylic acids is 1. The van der Waals surface area contributed by atoms with E-state index in [9.17, 15) is 28.2 Å². The highest BCUT2D eigenvalue weighted by Gasteiger charge is 2.36. The quantitative estimate of drug-likeness (QED) is 0.417. The molecule has 0 aliphatic carbocycles. The molecule has 0 atom stereocenters. The number of benzene rings is 2. The SMILES string of the molecule is O=C(c1cnn2c(C(F)(F)F)cc(-c3ccc(O)c(O)c3)nc12)N1CCN(Cc2ccccc2)CC1. The maximum absolute atomic E-state index is 13.9. The van der Waals surface area contributed by atoms with Crippen molar-refractivity contribution in [3.8, 4) is 22.8 Å². The van der Waals surface area contributed by atoms with Crippen molar-refractivity contribution in [1.82, 2.24) is 24.4 Å². The topological polar surface area (TPSA) is 94.2 Å². The average Bonchev–Trinajstić information content (AvgIpc) is 3.29. The molecule has 0 bridgehead atoms. The first-order chi connectivity index (χ1) is 17.2. The minimum absolute atomic E-state index is 0.0399. The molecular formula is C25H22F3N5O3. The Bertz CT molecular complexity index is 1410. The predicted molar refractivity (Wildman–Crippen MR) is 124 cm³/mol. The fourth-order valence-corrected chi connectivity index (χ4v) is 4.27. The van der Waals surface area contributed by atoms with Gasteiger partial charge in [0.15, 0.2) is 22.8 Å². The molecule has 1 aliphatic heterocycles. The van der Waals surface area contributed by atoms with E-state index in [2.05, 4.69) is 15.0 Å². The molecule has 1 amide bonds. The molecule has 4 aromatic rings. The van der Waals surface area contributed by atoms with E-state index >= 15 is 0 Å². The number of hydrogen-bond acceptors (Lipinski definition) is 6. The molecule has 2 aromatic heterocycles. The number of carbonyl (C=O) groups is 1. The number of nitrogens with zero attached hydrogens (tertiary/aromatic N) is 5. The summed E-state index contributed by atoms with van der Waals surface area (Å²) in [6, 6.07) is 14.3. The van der Waals surface area contributed by atoms with Crippen molar-refractivity contribution in [2.45, 2.75) is 12.7 Å². The van der Waals surface area contributed by atoms with Crippen LogP contribution in [0, 0.1) is 0 Å². The summed E-state index contributed by atoms with van der Waals surface area (Å²) in [5.74, 6) is -1.36. The van der Waals surface area contributed by atoms with Crippen LogP contribution in [0.4, 0.5) is 13.2 Å². The Morgan fingerprint density at radius 1 is 0.944 bits per heavy atom. The Morgan fingerprint density at radius 2 is 1.67 bits per heavy atom. The Labute approximate surface area is 203 Å². The van der Waals surface area contributed by atoms with Crippen LogP contribution in [0.5, 0.6) is 11.5 Å². The Kier molecular flexibility index (Phi) is 6.00. The molecule has 186 valence electrons. The van der Waals surface area contributed by atoms with Gasteiger partial charge >= 0.3 is 6.18 Å². The zero-order valence-electron chi connectivity index (χ0n) is 19.0. The Morgan fingerprint density at radius 3 is 2.33 bits per heavy atom. The minimum Gasteiger partial charge on any atom is -0.504 e. The number of piperazine rings is 1. The van der Waals surface area contributed by atoms with Gasteiger partial charge in [0.25, 0.3) is 5.91 Å². The monoisotopic (exact) mass is 497 g/mol. The molecule has 0 spiro atoms. The first-order valence-corrected chi connectivity index (χ1v) is 11.2. The number of fused-ring (bicyclic) bond motifs is 1. The molecule has 0 unspecified atom stereocenters. The van der Waals surface area contributed by atoms with Crippen molar-refractivity contribution < 1.29 is 28.2 Å². The summed E-state index contributed by atoms with van der Waals surface area (Å²) in [6.07, 6.45) is -3.67. The van der Waals surface area contributed by atoms with Gasteiger partial charge in [-0.05, 0) is 29.8 Å². The van der Waals surface area contributed by atoms with Crippen LogP contribution in [0.3, 0.4) is 0 Å². The number of aromatic nitrogens is 3. The van der Waals surface area contributed by atoms with Gasteiger partial charge in [0.2, 0.25) is 0 Å². The van der Waals surface area contributed by atoms with Crippen molar-refractivity contribution in [2.24, 2.45) is 0 Å². The van der Waals surface area contributed by atoms with Gasteiger partial charge in [-0.3, -0.25) is 9.69 Å². The second-order valence-corrected chi connectivity index (χ2v) is 8.58. The number of aromatic hydroxyl groups is 2. The molecule has 0 radical (unpaired) electrons. The molecule has 1 fully saturated rings. The summed E-state index contributed by atoms with van der Waals surface area (Å²) in [6.45, 7) is 2.83. The van der Waals surface area contributed by atoms with Gasteiger partial charge in [0.05, 0.1) is 11.9 Å². The van der Waals surface area contributed by atoms with Crippen LogP contribution in [0.25, 0.3) is 16.9 Å². The van der Waals surface area contributed by atoms with Crippen molar-refractivity contribution >= 4 is 11.6 Å². The van der Waals surface area contributed by atoms with Crippen LogP contribution in [-0.2, 0) is 12.7 Å². The lowest BCUT2D eigenvalue weighted by Gasteiger charge is -2.34. The second-order valence-electron chi connectivity index (χ2n) is 8.58. The maximum Gasteiger partial charge on any atom is 0.433 e. The molecular weight excluding hydrogens is 475 g/mol. The second kappa shape index (κ2) is 9.15. The number of phenolic OH excluding ortho intramolecular Hbond substituents is 2. The first-order valence-electron chi connectivity index (χ1n) is 11.2. The van der Waals surface area contributed by atoms with E-state index in [0.717, 1.165) is 36.5 Å². The third-order valence-corrected chi connectivity index (χ3v) is 6.17. The van der Waals surface area contributed by atoms with Crippen molar-refractivity contribution in [3.05, 3.63) is 77.6 Å². The summed E-state index contributed by atoms with van der Waals surface area (Å²) in [5.41, 5.74) is -0.191. The van der Waals surface area contributed by atoms with Crippen LogP contribution < -0.4 is 0 Å². The van der Waals surface area contributed by atoms with Crippen molar-refractivity contribution in [3.63, 3.8) is 0 Å². The molecule has 2 N–H and O–H groups in total. The van der Waals surface area contributed by atoms with E-state index in [1.165, 1.54) is 6.07 Å². The average molecular weight is 497 g/mol. The van der Waals surface area contributed by atoms with Gasteiger partial charge < -0.3 is 15.1 Å². The lowest BCUT2D eigenvalue weighted by molar-refractivity contribution is -0.142. The van der Waals surface area contributed by atoms with Gasteiger partial charge in [-0.2, -0.15) is 18.3 Å². The van der Waals surface area contributed by atoms with Gasteiger partial charge in [0, 0.05) is 38.3 Å². The molecule has 11 heteroatoms. The highest BCUT2D eigenvalue weighted by molar-refractivity contribution is 6.00. The summed E-state index contributed by atoms with van der Waals surface area (Å²) < 4.78 is 42.2. The molecule has 1 saturated heterocycles. The third kappa shape index (κ3) is 4.57. The number of phenols is 2. The normalized spacial score (nSPS) is 14.9. The van der Waals surface area contributed by atoms with Gasteiger partial charge in [-0.1, -0.05) is 30.3 Å². The van der Waals surface area contributed by atoms with Crippen LogP contribution in [0.15, 0.2) is 60.8 Å². The van der Waals surface area contributed by atoms with E-state index in [1.807, 2.05) is 30.3 Å². The molecule has 1 aliphatic rings. The van der Waals surface area contributed by atoms with Crippen molar-refractivity contribution in [1.29, 1.82) is 0 Å². The Hall–Kier alpha value is -4.12. The van der Waals surface area contributed by atoms with Gasteiger partial charge in [-0.15, -0.1) is 0 Å². The standard InChI is InChI=1S/C25H22F3N5O3/c26-25(27,28)22-13-19(17-6-7-20(34)21(35)12-17)30-23-18(14-29-33(22)23)24(36)32-10-8-31(9-11-32)15-16-4-2-1-3-5-16/h1-7,12-14,34-35H,8-11,15H2. The van der Waals surface area contributed by atoms with Gasteiger partial charge in [-0.25, -0.2) is 9.50 Å². The zero-order chi connectivity index (χ0) is 25.4. The highest BCUT2D eigenvalue weighted by Crippen LogP contribution is 2.35. The predicted octanol–water partition coefficient (Wildman–Crippen LogP) is 3.78. The summed E-state index contributed by atoms with van der Waals surface area (Å²) in [5, 5.41) is 23.2. The zero-order valence-corrected chi connectivity index (χ0v) is 19.0. The van der Waals surface area contributed by atoms with E-state index < -0.39 is 29.3 Å². The fourth-order valence-electron chi connectivity index (χ4n) is 4.27. The van der Waals surface area contributed by atoms with Crippen LogP contribution in [0.2, 0.25) is 0 Å². The molecule has 8 nitrogen and oxygen atoms in total. The molecule has 3 heterocycles. The minimum atomic E-state index is -4.77.